The van der Waals surface area contributed by atoms with E-state index in [4.69, 9.17) is 5.11 Å². The van der Waals surface area contributed by atoms with Gasteiger partial charge in [-0.2, -0.15) is 11.8 Å². The second kappa shape index (κ2) is 7.12. The molecule has 0 heterocycles. The number of hydrogen-bond acceptors (Lipinski definition) is 3. The summed E-state index contributed by atoms with van der Waals surface area (Å²) in [4.78, 5) is 10.9. The Morgan fingerprint density at radius 1 is 1.50 bits per heavy atom. The van der Waals surface area contributed by atoms with Crippen LogP contribution in [0.5, 0.6) is 0 Å². The number of nitrogens with one attached hydrogen (secondary N) is 1. The van der Waals surface area contributed by atoms with E-state index in [0.717, 1.165) is 24.3 Å². The number of thioether (sulfide) groups is 1. The number of hydrogen-bond donors (Lipinski definition) is 2. The van der Waals surface area contributed by atoms with Crippen LogP contribution in [0.3, 0.4) is 0 Å². The van der Waals surface area contributed by atoms with Crippen molar-refractivity contribution >= 4 is 17.7 Å². The summed E-state index contributed by atoms with van der Waals surface area (Å²) >= 11 is 1.91. The Morgan fingerprint density at radius 2 is 2.14 bits per heavy atom. The zero-order chi connectivity index (χ0) is 11.0. The summed E-state index contributed by atoms with van der Waals surface area (Å²) in [6.45, 7) is 3.88. The molecule has 3 nitrogen and oxygen atoms in total. The monoisotopic (exact) mass is 219 g/mol. The topological polar surface area (TPSA) is 49.3 Å². The minimum absolute atomic E-state index is 0.698. The number of carbonyl (C=O) groups is 1. The molecule has 0 radical (unpaired) electrons. The van der Waals surface area contributed by atoms with E-state index in [0.29, 0.717) is 6.42 Å². The van der Waals surface area contributed by atoms with E-state index in [1.165, 1.54) is 0 Å². The van der Waals surface area contributed by atoms with Gasteiger partial charge in [-0.05, 0) is 38.3 Å². The SMILES string of the molecule is CCSCCCCC(C)(NC)C(=O)O. The highest BCUT2D eigenvalue weighted by Crippen LogP contribution is 2.15. The average Bonchev–Trinajstić information content (AvgIpc) is 2.17. The summed E-state index contributed by atoms with van der Waals surface area (Å²) in [7, 11) is 1.70. The molecule has 0 aliphatic carbocycles. The van der Waals surface area contributed by atoms with Crippen molar-refractivity contribution in [3.8, 4) is 0 Å². The van der Waals surface area contributed by atoms with Crippen LogP contribution < -0.4 is 5.32 Å². The number of rotatable bonds is 8. The fourth-order valence-electron chi connectivity index (χ4n) is 1.17. The molecule has 0 saturated carbocycles. The van der Waals surface area contributed by atoms with Gasteiger partial charge in [0.15, 0.2) is 0 Å². The summed E-state index contributed by atoms with van der Waals surface area (Å²) in [5.41, 5.74) is -0.753. The van der Waals surface area contributed by atoms with Gasteiger partial charge < -0.3 is 10.4 Å². The minimum Gasteiger partial charge on any atom is -0.480 e. The third-order valence-electron chi connectivity index (χ3n) is 2.44. The Balaban J connectivity index is 3.68. The maximum atomic E-state index is 10.9. The number of unbranched alkanes of at least 4 members (excludes halogenated alkanes) is 1. The summed E-state index contributed by atoms with van der Waals surface area (Å²) < 4.78 is 0. The van der Waals surface area contributed by atoms with Crippen LogP contribution >= 0.6 is 11.8 Å². The van der Waals surface area contributed by atoms with Crippen molar-refractivity contribution < 1.29 is 9.90 Å². The minimum atomic E-state index is -0.761. The zero-order valence-corrected chi connectivity index (χ0v) is 10.1. The van der Waals surface area contributed by atoms with Crippen LogP contribution in [0.2, 0.25) is 0 Å². The van der Waals surface area contributed by atoms with Gasteiger partial charge in [0, 0.05) is 0 Å². The molecule has 0 spiro atoms. The van der Waals surface area contributed by atoms with Crippen LogP contribution in [0, 0.1) is 0 Å². The first-order valence-corrected chi connectivity index (χ1v) is 6.22. The standard InChI is InChI=1S/C10H21NO2S/c1-4-14-8-6-5-7-10(2,11-3)9(12)13/h11H,4-8H2,1-3H3,(H,12,13). The fraction of sp³-hybridized carbons (Fsp3) is 0.900. The maximum absolute atomic E-state index is 10.9. The molecule has 0 aliphatic rings. The molecule has 0 aromatic heterocycles. The lowest BCUT2D eigenvalue weighted by Crippen LogP contribution is -2.47. The van der Waals surface area contributed by atoms with E-state index < -0.39 is 11.5 Å². The van der Waals surface area contributed by atoms with E-state index >= 15 is 0 Å². The molecule has 14 heavy (non-hydrogen) atoms. The van der Waals surface area contributed by atoms with Crippen LogP contribution in [0.4, 0.5) is 0 Å². The van der Waals surface area contributed by atoms with Crippen LogP contribution in [0.15, 0.2) is 0 Å². The van der Waals surface area contributed by atoms with Gasteiger partial charge in [-0.3, -0.25) is 4.79 Å². The van der Waals surface area contributed by atoms with Crippen molar-refractivity contribution in [1.29, 1.82) is 0 Å². The number of carboxylic acids is 1. The number of aliphatic carboxylic acids is 1. The largest absolute Gasteiger partial charge is 0.480 e. The molecule has 1 unspecified atom stereocenters. The lowest BCUT2D eigenvalue weighted by molar-refractivity contribution is -0.144. The third kappa shape index (κ3) is 4.86. The molecule has 84 valence electrons. The first-order chi connectivity index (χ1) is 6.56. The predicted octanol–water partition coefficient (Wildman–Crippen LogP) is 1.97. The van der Waals surface area contributed by atoms with Gasteiger partial charge in [-0.15, -0.1) is 0 Å². The van der Waals surface area contributed by atoms with Crippen LogP contribution in [-0.2, 0) is 4.79 Å². The van der Waals surface area contributed by atoms with Gasteiger partial charge in [-0.25, -0.2) is 0 Å². The second-order valence-electron chi connectivity index (χ2n) is 3.54. The number of likely N-dealkylation sites (N-methyl/N-ethyl adjacent to an activating group) is 1. The first-order valence-electron chi connectivity index (χ1n) is 5.07. The lowest BCUT2D eigenvalue weighted by Gasteiger charge is -2.23. The highest BCUT2D eigenvalue weighted by molar-refractivity contribution is 7.99. The highest BCUT2D eigenvalue weighted by atomic mass is 32.2. The molecule has 0 amide bonds. The second-order valence-corrected chi connectivity index (χ2v) is 4.94. The molecule has 1 atom stereocenters. The normalized spacial score (nSPS) is 15.1. The molecule has 0 aliphatic heterocycles. The predicted molar refractivity (Wildman–Crippen MR) is 62.0 cm³/mol. The van der Waals surface area contributed by atoms with E-state index in [1.54, 1.807) is 14.0 Å². The average molecular weight is 219 g/mol. The molecule has 0 fully saturated rings. The van der Waals surface area contributed by atoms with Gasteiger partial charge in [0.1, 0.15) is 5.54 Å². The Bertz CT molecular complexity index is 176. The van der Waals surface area contributed by atoms with Crippen LogP contribution in [0.1, 0.15) is 33.1 Å². The molecule has 0 saturated heterocycles. The van der Waals surface area contributed by atoms with Gasteiger partial charge >= 0.3 is 5.97 Å². The summed E-state index contributed by atoms with van der Waals surface area (Å²) in [5.74, 6) is 1.51. The summed E-state index contributed by atoms with van der Waals surface area (Å²) in [5, 5.41) is 11.8. The quantitative estimate of drug-likeness (QED) is 0.613. The Morgan fingerprint density at radius 3 is 2.57 bits per heavy atom. The Labute approximate surface area is 90.7 Å². The number of carboxylic acid groups (broad SMARTS) is 1. The molecule has 0 aromatic rings. The van der Waals surface area contributed by atoms with Crippen LogP contribution in [0.25, 0.3) is 0 Å². The Kier molecular flexibility index (Phi) is 7.01. The van der Waals surface area contributed by atoms with Crippen molar-refractivity contribution in [3.63, 3.8) is 0 Å². The van der Waals surface area contributed by atoms with E-state index in [-0.39, 0.29) is 0 Å². The maximum Gasteiger partial charge on any atom is 0.323 e. The molecule has 2 N–H and O–H groups in total. The zero-order valence-electron chi connectivity index (χ0n) is 9.30. The lowest BCUT2D eigenvalue weighted by atomic mass is 9.95. The van der Waals surface area contributed by atoms with Gasteiger partial charge in [0.05, 0.1) is 0 Å². The summed E-state index contributed by atoms with van der Waals surface area (Å²) in [6.07, 6.45) is 2.77. The molecule has 0 bridgehead atoms. The summed E-state index contributed by atoms with van der Waals surface area (Å²) in [6, 6.07) is 0. The molecule has 0 aromatic carbocycles. The van der Waals surface area contributed by atoms with Gasteiger partial charge in [0.25, 0.3) is 0 Å². The van der Waals surface area contributed by atoms with E-state index in [9.17, 15) is 4.79 Å². The molecular formula is C10H21NO2S. The first kappa shape index (κ1) is 13.8. The van der Waals surface area contributed by atoms with Crippen molar-refractivity contribution in [1.82, 2.24) is 5.32 Å². The molecule has 0 rings (SSSR count). The van der Waals surface area contributed by atoms with E-state index in [1.807, 2.05) is 11.8 Å². The molecular weight excluding hydrogens is 198 g/mol. The van der Waals surface area contributed by atoms with Crippen LogP contribution in [-0.4, -0.2) is 35.2 Å². The van der Waals surface area contributed by atoms with Crippen molar-refractivity contribution in [2.45, 2.75) is 38.6 Å². The third-order valence-corrected chi connectivity index (χ3v) is 3.43. The van der Waals surface area contributed by atoms with Gasteiger partial charge in [0.2, 0.25) is 0 Å². The van der Waals surface area contributed by atoms with E-state index in [2.05, 4.69) is 12.2 Å². The van der Waals surface area contributed by atoms with Crippen molar-refractivity contribution in [2.24, 2.45) is 0 Å². The van der Waals surface area contributed by atoms with Crippen molar-refractivity contribution in [3.05, 3.63) is 0 Å². The molecule has 4 heteroatoms. The fourth-order valence-corrected chi connectivity index (χ4v) is 1.86. The Hall–Kier alpha value is -0.220. The highest BCUT2D eigenvalue weighted by Gasteiger charge is 2.29. The smallest absolute Gasteiger partial charge is 0.323 e. The van der Waals surface area contributed by atoms with Gasteiger partial charge in [-0.1, -0.05) is 13.3 Å². The van der Waals surface area contributed by atoms with Crippen molar-refractivity contribution in [2.75, 3.05) is 18.6 Å².